The zero-order chi connectivity index (χ0) is 14.0. The van der Waals surface area contributed by atoms with Gasteiger partial charge in [0.2, 0.25) is 0 Å². The standard InChI is InChI=1S/C15H24N2OS/c1-11-9-17(10-15(2,3)18-11)13-6-5-7-14(19-4)12(13)8-16/h5-7,11H,8-10,16H2,1-4H3. The molecule has 4 heteroatoms. The Labute approximate surface area is 120 Å². The summed E-state index contributed by atoms with van der Waals surface area (Å²) in [5, 5.41) is 0. The maximum Gasteiger partial charge on any atom is 0.0805 e. The Morgan fingerprint density at radius 1 is 1.47 bits per heavy atom. The van der Waals surface area contributed by atoms with Gasteiger partial charge in [-0.2, -0.15) is 0 Å². The Kier molecular flexibility index (Phi) is 4.43. The molecule has 0 aliphatic carbocycles. The highest BCUT2D eigenvalue weighted by Gasteiger charge is 2.32. The highest BCUT2D eigenvalue weighted by Crippen LogP contribution is 2.33. The monoisotopic (exact) mass is 280 g/mol. The van der Waals surface area contributed by atoms with Crippen molar-refractivity contribution in [1.29, 1.82) is 0 Å². The predicted octanol–water partition coefficient (Wildman–Crippen LogP) is 2.87. The minimum Gasteiger partial charge on any atom is -0.369 e. The molecule has 1 saturated heterocycles. The zero-order valence-corrected chi connectivity index (χ0v) is 13.1. The third-order valence-corrected chi connectivity index (χ3v) is 4.26. The van der Waals surface area contributed by atoms with Crippen LogP contribution in [0.5, 0.6) is 0 Å². The van der Waals surface area contributed by atoms with Crippen molar-refractivity contribution in [2.24, 2.45) is 5.73 Å². The number of anilines is 1. The molecule has 1 atom stereocenters. The van der Waals surface area contributed by atoms with Crippen LogP contribution in [0.25, 0.3) is 0 Å². The molecule has 2 N–H and O–H groups in total. The van der Waals surface area contributed by atoms with Crippen molar-refractivity contribution in [2.75, 3.05) is 24.2 Å². The van der Waals surface area contributed by atoms with Gasteiger partial charge in [0.25, 0.3) is 0 Å². The van der Waals surface area contributed by atoms with Gasteiger partial charge in [-0.15, -0.1) is 11.8 Å². The number of hydrogen-bond acceptors (Lipinski definition) is 4. The van der Waals surface area contributed by atoms with Gasteiger partial charge in [0, 0.05) is 35.8 Å². The van der Waals surface area contributed by atoms with Gasteiger partial charge in [0.05, 0.1) is 11.7 Å². The summed E-state index contributed by atoms with van der Waals surface area (Å²) in [5.74, 6) is 0. The van der Waals surface area contributed by atoms with E-state index in [4.69, 9.17) is 10.5 Å². The molecule has 0 bridgehead atoms. The molecule has 106 valence electrons. The van der Waals surface area contributed by atoms with Crippen LogP contribution in [-0.2, 0) is 11.3 Å². The lowest BCUT2D eigenvalue weighted by Crippen LogP contribution is -2.52. The van der Waals surface area contributed by atoms with Crippen molar-refractivity contribution in [1.82, 2.24) is 0 Å². The minimum atomic E-state index is -0.112. The molecule has 1 aliphatic rings. The third-order valence-electron chi connectivity index (χ3n) is 3.44. The fourth-order valence-corrected chi connectivity index (χ4v) is 3.53. The van der Waals surface area contributed by atoms with Crippen LogP contribution in [0.2, 0.25) is 0 Å². The number of nitrogens with zero attached hydrogens (tertiary/aromatic N) is 1. The lowest BCUT2D eigenvalue weighted by atomic mass is 10.0. The first-order valence-corrected chi connectivity index (χ1v) is 7.98. The summed E-state index contributed by atoms with van der Waals surface area (Å²) in [7, 11) is 0. The van der Waals surface area contributed by atoms with Crippen molar-refractivity contribution >= 4 is 17.4 Å². The fourth-order valence-electron chi connectivity index (χ4n) is 2.88. The number of ether oxygens (including phenoxy) is 1. The van der Waals surface area contributed by atoms with E-state index in [9.17, 15) is 0 Å². The van der Waals surface area contributed by atoms with Gasteiger partial charge >= 0.3 is 0 Å². The molecular weight excluding hydrogens is 256 g/mol. The first kappa shape index (κ1) is 14.7. The van der Waals surface area contributed by atoms with E-state index < -0.39 is 0 Å². The Hall–Kier alpha value is -0.710. The molecule has 1 unspecified atom stereocenters. The van der Waals surface area contributed by atoms with Gasteiger partial charge in [0.1, 0.15) is 0 Å². The lowest BCUT2D eigenvalue weighted by molar-refractivity contribution is -0.0750. The topological polar surface area (TPSA) is 38.5 Å². The van der Waals surface area contributed by atoms with Crippen LogP contribution in [0.4, 0.5) is 5.69 Å². The molecular formula is C15H24N2OS. The molecule has 2 rings (SSSR count). The van der Waals surface area contributed by atoms with Crippen LogP contribution in [0.15, 0.2) is 23.1 Å². The van der Waals surface area contributed by atoms with Crippen molar-refractivity contribution in [3.8, 4) is 0 Å². The van der Waals surface area contributed by atoms with Crippen LogP contribution in [0.3, 0.4) is 0 Å². The molecule has 0 amide bonds. The molecule has 19 heavy (non-hydrogen) atoms. The molecule has 1 aromatic carbocycles. The Bertz CT molecular complexity index is 448. The average Bonchev–Trinajstić information content (AvgIpc) is 2.35. The van der Waals surface area contributed by atoms with E-state index in [1.165, 1.54) is 16.1 Å². The molecule has 0 spiro atoms. The Morgan fingerprint density at radius 3 is 2.79 bits per heavy atom. The Balaban J connectivity index is 2.35. The van der Waals surface area contributed by atoms with Gasteiger partial charge in [-0.05, 0) is 39.2 Å². The average molecular weight is 280 g/mol. The molecule has 3 nitrogen and oxygen atoms in total. The second-order valence-corrected chi connectivity index (χ2v) is 6.58. The van der Waals surface area contributed by atoms with Crippen molar-refractivity contribution in [2.45, 2.75) is 43.9 Å². The van der Waals surface area contributed by atoms with Gasteiger partial charge in [-0.25, -0.2) is 0 Å². The number of benzene rings is 1. The van der Waals surface area contributed by atoms with E-state index in [0.717, 1.165) is 13.1 Å². The van der Waals surface area contributed by atoms with E-state index in [2.05, 4.69) is 50.1 Å². The van der Waals surface area contributed by atoms with Gasteiger partial charge in [-0.1, -0.05) is 6.07 Å². The van der Waals surface area contributed by atoms with Crippen molar-refractivity contribution in [3.05, 3.63) is 23.8 Å². The lowest BCUT2D eigenvalue weighted by Gasteiger charge is -2.43. The summed E-state index contributed by atoms with van der Waals surface area (Å²) < 4.78 is 5.98. The maximum absolute atomic E-state index is 5.98. The van der Waals surface area contributed by atoms with E-state index in [1.807, 2.05) is 0 Å². The van der Waals surface area contributed by atoms with Gasteiger partial charge in [0.15, 0.2) is 0 Å². The fraction of sp³-hybridized carbons (Fsp3) is 0.600. The maximum atomic E-state index is 5.98. The van der Waals surface area contributed by atoms with Crippen molar-refractivity contribution < 1.29 is 4.74 Å². The molecule has 0 radical (unpaired) electrons. The second kappa shape index (κ2) is 5.73. The molecule has 1 fully saturated rings. The SMILES string of the molecule is CSc1cccc(N2CC(C)OC(C)(C)C2)c1CN. The second-order valence-electron chi connectivity index (χ2n) is 5.73. The first-order valence-electron chi connectivity index (χ1n) is 6.75. The van der Waals surface area contributed by atoms with Gasteiger partial charge < -0.3 is 15.4 Å². The van der Waals surface area contributed by atoms with E-state index in [-0.39, 0.29) is 11.7 Å². The summed E-state index contributed by atoms with van der Waals surface area (Å²) in [4.78, 5) is 3.69. The largest absolute Gasteiger partial charge is 0.369 e. The number of hydrogen-bond donors (Lipinski definition) is 1. The van der Waals surface area contributed by atoms with Crippen LogP contribution in [-0.4, -0.2) is 31.1 Å². The number of thioether (sulfide) groups is 1. The highest BCUT2D eigenvalue weighted by atomic mass is 32.2. The molecule has 0 aromatic heterocycles. The summed E-state index contributed by atoms with van der Waals surface area (Å²) >= 11 is 1.76. The summed E-state index contributed by atoms with van der Waals surface area (Å²) in [6.45, 7) is 8.84. The molecule has 1 aliphatic heterocycles. The van der Waals surface area contributed by atoms with E-state index in [1.54, 1.807) is 11.8 Å². The van der Waals surface area contributed by atoms with Crippen LogP contribution < -0.4 is 10.6 Å². The smallest absolute Gasteiger partial charge is 0.0805 e. The number of rotatable bonds is 3. The van der Waals surface area contributed by atoms with Crippen molar-refractivity contribution in [3.63, 3.8) is 0 Å². The summed E-state index contributed by atoms with van der Waals surface area (Å²) in [6, 6.07) is 6.44. The quantitative estimate of drug-likeness (QED) is 0.864. The van der Waals surface area contributed by atoms with Crippen LogP contribution >= 0.6 is 11.8 Å². The molecule has 0 saturated carbocycles. The van der Waals surface area contributed by atoms with E-state index >= 15 is 0 Å². The normalized spacial score (nSPS) is 22.6. The summed E-state index contributed by atoms with van der Waals surface area (Å²) in [6.07, 6.45) is 2.34. The molecule has 1 heterocycles. The predicted molar refractivity (Wildman–Crippen MR) is 83.0 cm³/mol. The Morgan fingerprint density at radius 2 is 2.21 bits per heavy atom. The number of morpholine rings is 1. The van der Waals surface area contributed by atoms with Gasteiger partial charge in [-0.3, -0.25) is 0 Å². The number of nitrogens with two attached hydrogens (primary N) is 1. The zero-order valence-electron chi connectivity index (χ0n) is 12.3. The third kappa shape index (κ3) is 3.25. The summed E-state index contributed by atoms with van der Waals surface area (Å²) in [5.41, 5.74) is 8.36. The molecule has 1 aromatic rings. The first-order chi connectivity index (χ1) is 8.96. The van der Waals surface area contributed by atoms with Crippen LogP contribution in [0, 0.1) is 0 Å². The highest BCUT2D eigenvalue weighted by molar-refractivity contribution is 7.98. The minimum absolute atomic E-state index is 0.112. The van der Waals surface area contributed by atoms with Crippen LogP contribution in [0.1, 0.15) is 26.3 Å². The van der Waals surface area contributed by atoms with E-state index in [0.29, 0.717) is 6.54 Å².